The lowest BCUT2D eigenvalue weighted by molar-refractivity contribution is 0.0697. The zero-order valence-electron chi connectivity index (χ0n) is 11.0. The monoisotopic (exact) mass is 248 g/mol. The molecule has 1 heterocycles. The second kappa shape index (κ2) is 5.38. The number of nitrogens with zero attached hydrogens (tertiary/aromatic N) is 2. The van der Waals surface area contributed by atoms with E-state index in [1.165, 1.54) is 25.5 Å². The van der Waals surface area contributed by atoms with Gasteiger partial charge in [0.15, 0.2) is 0 Å². The van der Waals surface area contributed by atoms with Gasteiger partial charge < -0.3 is 10.0 Å². The van der Waals surface area contributed by atoms with Crippen LogP contribution in [0.3, 0.4) is 0 Å². The van der Waals surface area contributed by atoms with Crippen molar-refractivity contribution in [3.05, 3.63) is 23.5 Å². The Morgan fingerprint density at radius 1 is 1.56 bits per heavy atom. The van der Waals surface area contributed by atoms with E-state index < -0.39 is 5.97 Å². The Morgan fingerprint density at radius 2 is 2.28 bits per heavy atom. The molecule has 18 heavy (non-hydrogen) atoms. The molecule has 1 aromatic rings. The molecule has 0 unspecified atom stereocenters. The number of anilines is 1. The van der Waals surface area contributed by atoms with Gasteiger partial charge in [0.05, 0.1) is 5.69 Å². The van der Waals surface area contributed by atoms with Gasteiger partial charge in [0, 0.05) is 25.0 Å². The average molecular weight is 248 g/mol. The van der Waals surface area contributed by atoms with Crippen molar-refractivity contribution in [2.45, 2.75) is 33.1 Å². The van der Waals surface area contributed by atoms with E-state index in [4.69, 9.17) is 0 Å². The summed E-state index contributed by atoms with van der Waals surface area (Å²) in [7, 11) is 0. The lowest BCUT2D eigenvalue weighted by Gasteiger charge is -2.33. The molecule has 1 N–H and O–H groups in total. The maximum absolute atomic E-state index is 11.3. The number of aryl methyl sites for hydroxylation is 1. The van der Waals surface area contributed by atoms with Crippen molar-refractivity contribution in [1.82, 2.24) is 4.98 Å². The Morgan fingerprint density at radius 3 is 2.78 bits per heavy atom. The van der Waals surface area contributed by atoms with Crippen molar-refractivity contribution in [1.29, 1.82) is 0 Å². The van der Waals surface area contributed by atoms with Crippen LogP contribution in [0.15, 0.2) is 12.3 Å². The van der Waals surface area contributed by atoms with E-state index in [-0.39, 0.29) is 0 Å². The standard InChI is InChI=1S/C14H20N2O2/c1-3-16(9-11-5-4-6-11)13-7-10(2)15-8-12(13)14(17)18/h7-8,11H,3-6,9H2,1-2H3,(H,17,18). The van der Waals surface area contributed by atoms with Gasteiger partial charge in [-0.2, -0.15) is 0 Å². The first-order chi connectivity index (χ1) is 8.61. The number of carbonyl (C=O) groups is 1. The molecule has 1 aliphatic rings. The smallest absolute Gasteiger partial charge is 0.339 e. The Labute approximate surface area is 108 Å². The summed E-state index contributed by atoms with van der Waals surface area (Å²) in [5.74, 6) is -0.176. The van der Waals surface area contributed by atoms with Gasteiger partial charge in [-0.1, -0.05) is 6.42 Å². The van der Waals surface area contributed by atoms with Crippen LogP contribution >= 0.6 is 0 Å². The largest absolute Gasteiger partial charge is 0.478 e. The molecule has 0 atom stereocenters. The SMILES string of the molecule is CCN(CC1CCC1)c1cc(C)ncc1C(=O)O. The third-order valence-electron chi connectivity index (χ3n) is 3.67. The summed E-state index contributed by atoms with van der Waals surface area (Å²) in [6.07, 6.45) is 5.31. The first kappa shape index (κ1) is 12.9. The van der Waals surface area contributed by atoms with Crippen molar-refractivity contribution >= 4 is 11.7 Å². The van der Waals surface area contributed by atoms with E-state index in [2.05, 4.69) is 16.8 Å². The number of aromatic nitrogens is 1. The molecule has 0 aliphatic heterocycles. The summed E-state index contributed by atoms with van der Waals surface area (Å²) >= 11 is 0. The fourth-order valence-electron chi connectivity index (χ4n) is 2.36. The maximum Gasteiger partial charge on any atom is 0.339 e. The van der Waals surface area contributed by atoms with Gasteiger partial charge in [0.25, 0.3) is 0 Å². The molecule has 1 saturated carbocycles. The molecule has 98 valence electrons. The molecular weight excluding hydrogens is 228 g/mol. The topological polar surface area (TPSA) is 53.4 Å². The van der Waals surface area contributed by atoms with Crippen LogP contribution in [0.4, 0.5) is 5.69 Å². The average Bonchev–Trinajstić information content (AvgIpc) is 2.27. The Kier molecular flexibility index (Phi) is 3.84. The van der Waals surface area contributed by atoms with Crippen LogP contribution < -0.4 is 4.90 Å². The molecule has 4 heteroatoms. The van der Waals surface area contributed by atoms with Crippen molar-refractivity contribution in [3.8, 4) is 0 Å². The highest BCUT2D eigenvalue weighted by Crippen LogP contribution is 2.30. The first-order valence-corrected chi connectivity index (χ1v) is 6.56. The van der Waals surface area contributed by atoms with Crippen LogP contribution in [-0.2, 0) is 0 Å². The summed E-state index contributed by atoms with van der Waals surface area (Å²) < 4.78 is 0. The number of aromatic carboxylic acids is 1. The zero-order chi connectivity index (χ0) is 13.1. The minimum Gasteiger partial charge on any atom is -0.478 e. The van der Waals surface area contributed by atoms with Crippen LogP contribution in [0.5, 0.6) is 0 Å². The van der Waals surface area contributed by atoms with Gasteiger partial charge >= 0.3 is 5.97 Å². The van der Waals surface area contributed by atoms with Crippen LogP contribution in [0.1, 0.15) is 42.2 Å². The highest BCUT2D eigenvalue weighted by molar-refractivity contribution is 5.94. The van der Waals surface area contributed by atoms with E-state index in [0.29, 0.717) is 5.56 Å². The van der Waals surface area contributed by atoms with Crippen molar-refractivity contribution < 1.29 is 9.90 Å². The fraction of sp³-hybridized carbons (Fsp3) is 0.571. The molecule has 2 rings (SSSR count). The third kappa shape index (κ3) is 2.63. The lowest BCUT2D eigenvalue weighted by Crippen LogP contribution is -2.33. The van der Waals surface area contributed by atoms with E-state index in [1.807, 2.05) is 13.0 Å². The minimum atomic E-state index is -0.899. The minimum absolute atomic E-state index is 0.307. The normalized spacial score (nSPS) is 15.2. The highest BCUT2D eigenvalue weighted by atomic mass is 16.4. The van der Waals surface area contributed by atoms with Gasteiger partial charge in [-0.25, -0.2) is 4.79 Å². The number of pyridine rings is 1. The Hall–Kier alpha value is -1.58. The predicted molar refractivity (Wildman–Crippen MR) is 71.2 cm³/mol. The highest BCUT2D eigenvalue weighted by Gasteiger charge is 2.23. The number of carboxylic acid groups (broad SMARTS) is 1. The quantitative estimate of drug-likeness (QED) is 0.870. The van der Waals surface area contributed by atoms with Crippen LogP contribution in [0.2, 0.25) is 0 Å². The van der Waals surface area contributed by atoms with E-state index in [1.54, 1.807) is 0 Å². The van der Waals surface area contributed by atoms with Gasteiger partial charge in [0.1, 0.15) is 5.56 Å². The van der Waals surface area contributed by atoms with Gasteiger partial charge in [-0.3, -0.25) is 4.98 Å². The Balaban J connectivity index is 2.26. The number of rotatable bonds is 5. The second-order valence-corrected chi connectivity index (χ2v) is 4.98. The third-order valence-corrected chi connectivity index (χ3v) is 3.67. The summed E-state index contributed by atoms with van der Waals surface area (Å²) in [5, 5.41) is 9.24. The summed E-state index contributed by atoms with van der Waals surface area (Å²) in [6.45, 7) is 5.76. The zero-order valence-corrected chi connectivity index (χ0v) is 11.0. The van der Waals surface area contributed by atoms with Gasteiger partial charge in [0.2, 0.25) is 0 Å². The van der Waals surface area contributed by atoms with Gasteiger partial charge in [-0.05, 0) is 38.7 Å². The molecule has 0 bridgehead atoms. The molecule has 1 aliphatic carbocycles. The molecule has 0 saturated heterocycles. The second-order valence-electron chi connectivity index (χ2n) is 4.98. The molecule has 4 nitrogen and oxygen atoms in total. The maximum atomic E-state index is 11.3. The predicted octanol–water partition coefficient (Wildman–Crippen LogP) is 2.71. The number of carboxylic acids is 1. The van der Waals surface area contributed by atoms with Crippen molar-refractivity contribution in [3.63, 3.8) is 0 Å². The molecule has 0 spiro atoms. The molecule has 0 aromatic carbocycles. The van der Waals surface area contributed by atoms with E-state index in [0.717, 1.165) is 30.4 Å². The van der Waals surface area contributed by atoms with Crippen molar-refractivity contribution in [2.24, 2.45) is 5.92 Å². The molecule has 1 fully saturated rings. The molecule has 1 aromatic heterocycles. The lowest BCUT2D eigenvalue weighted by atomic mass is 9.85. The number of hydrogen-bond donors (Lipinski definition) is 1. The van der Waals surface area contributed by atoms with E-state index >= 15 is 0 Å². The van der Waals surface area contributed by atoms with E-state index in [9.17, 15) is 9.90 Å². The fourth-order valence-corrected chi connectivity index (χ4v) is 2.36. The number of hydrogen-bond acceptors (Lipinski definition) is 3. The van der Waals surface area contributed by atoms with Crippen molar-refractivity contribution in [2.75, 3.05) is 18.0 Å². The molecule has 0 amide bonds. The van der Waals surface area contributed by atoms with Gasteiger partial charge in [-0.15, -0.1) is 0 Å². The summed E-state index contributed by atoms with van der Waals surface area (Å²) in [5.41, 5.74) is 1.98. The first-order valence-electron chi connectivity index (χ1n) is 6.56. The van der Waals surface area contributed by atoms with Crippen LogP contribution in [0.25, 0.3) is 0 Å². The van der Waals surface area contributed by atoms with Crippen LogP contribution in [0, 0.1) is 12.8 Å². The Bertz CT molecular complexity index is 441. The summed E-state index contributed by atoms with van der Waals surface area (Å²) in [4.78, 5) is 17.5. The van der Waals surface area contributed by atoms with Crippen LogP contribution in [-0.4, -0.2) is 29.1 Å². The molecule has 0 radical (unpaired) electrons. The molecular formula is C14H20N2O2. The summed E-state index contributed by atoms with van der Waals surface area (Å²) in [6, 6.07) is 1.88.